The Kier molecular flexibility index (Phi) is 5.15. The van der Waals surface area contributed by atoms with Crippen LogP contribution >= 0.6 is 0 Å². The topological polar surface area (TPSA) is 117 Å². The molecule has 4 heterocycles. The van der Waals surface area contributed by atoms with E-state index in [0.717, 1.165) is 5.39 Å². The molecule has 4 rings (SSSR count). The Labute approximate surface area is 171 Å². The number of ether oxygens (including phenoxy) is 3. The molecule has 1 N–H and O–H groups in total. The fraction of sp³-hybridized carbons (Fsp3) is 0.250. The Balaban J connectivity index is 1.97. The number of rotatable bonds is 7. The van der Waals surface area contributed by atoms with Crippen LogP contribution in [0.15, 0.2) is 30.7 Å². The van der Waals surface area contributed by atoms with Crippen LogP contribution in [0, 0.1) is 0 Å². The van der Waals surface area contributed by atoms with Crippen LogP contribution in [-0.2, 0) is 20.9 Å². The quantitative estimate of drug-likeness (QED) is 0.576. The molecule has 0 saturated heterocycles. The summed E-state index contributed by atoms with van der Waals surface area (Å²) in [5, 5.41) is 3.10. The second kappa shape index (κ2) is 7.91. The van der Waals surface area contributed by atoms with E-state index in [0.29, 0.717) is 29.9 Å². The predicted octanol–water partition coefficient (Wildman–Crippen LogP) is 1.06. The van der Waals surface area contributed by atoms with Crippen molar-refractivity contribution in [3.63, 3.8) is 0 Å². The predicted molar refractivity (Wildman–Crippen MR) is 107 cm³/mol. The Morgan fingerprint density at radius 1 is 1.03 bits per heavy atom. The second-order valence-electron chi connectivity index (χ2n) is 6.42. The molecular weight excluding hydrogens is 390 g/mol. The van der Waals surface area contributed by atoms with Crippen LogP contribution in [0.1, 0.15) is 11.1 Å². The van der Waals surface area contributed by atoms with Crippen LogP contribution in [0.3, 0.4) is 0 Å². The molecule has 10 nitrogen and oxygen atoms in total. The maximum absolute atomic E-state index is 12.8. The first kappa shape index (κ1) is 19.5. The number of nitrogens with zero attached hydrogens (tertiary/aromatic N) is 4. The molecule has 0 radical (unpaired) electrons. The molecule has 0 saturated carbocycles. The molecule has 0 spiro atoms. The van der Waals surface area contributed by atoms with E-state index in [2.05, 4.69) is 20.3 Å². The van der Waals surface area contributed by atoms with E-state index in [9.17, 15) is 9.59 Å². The van der Waals surface area contributed by atoms with E-state index < -0.39 is 11.8 Å². The van der Waals surface area contributed by atoms with Crippen molar-refractivity contribution in [2.45, 2.75) is 6.54 Å². The van der Waals surface area contributed by atoms with Gasteiger partial charge in [-0.05, 0) is 12.1 Å². The van der Waals surface area contributed by atoms with Gasteiger partial charge in [-0.1, -0.05) is 0 Å². The van der Waals surface area contributed by atoms with Gasteiger partial charge in [0, 0.05) is 43.2 Å². The fourth-order valence-corrected chi connectivity index (χ4v) is 3.43. The number of carbonyl (C=O) groups excluding carboxylic acids is 2. The van der Waals surface area contributed by atoms with E-state index in [1.807, 2.05) is 10.6 Å². The highest BCUT2D eigenvalue weighted by atomic mass is 16.5. The summed E-state index contributed by atoms with van der Waals surface area (Å²) in [6.45, 7) is 1.01. The Morgan fingerprint density at radius 2 is 1.80 bits per heavy atom. The van der Waals surface area contributed by atoms with E-state index in [4.69, 9.17) is 14.2 Å². The van der Waals surface area contributed by atoms with E-state index >= 15 is 0 Å². The molecule has 1 aliphatic rings. The highest BCUT2D eigenvalue weighted by Gasteiger charge is 2.36. The number of hydrogen-bond donors (Lipinski definition) is 1. The number of imide groups is 1. The number of fused-ring (bicyclic) bond motifs is 1. The zero-order chi connectivity index (χ0) is 21.3. The lowest BCUT2D eigenvalue weighted by Crippen LogP contribution is -2.23. The lowest BCUT2D eigenvalue weighted by molar-refractivity contribution is -0.122. The van der Waals surface area contributed by atoms with Crippen molar-refractivity contribution in [3.05, 3.63) is 41.9 Å². The normalized spacial score (nSPS) is 13.8. The number of aromatic nitrogens is 4. The van der Waals surface area contributed by atoms with Gasteiger partial charge in [0.05, 0.1) is 37.5 Å². The molecule has 0 fully saturated rings. The Hall–Kier alpha value is -3.79. The molecule has 3 aromatic rings. The van der Waals surface area contributed by atoms with Crippen LogP contribution in [0.4, 0.5) is 0 Å². The maximum atomic E-state index is 12.8. The van der Waals surface area contributed by atoms with Crippen LogP contribution in [0.25, 0.3) is 22.2 Å². The van der Waals surface area contributed by atoms with E-state index in [1.54, 1.807) is 25.6 Å². The van der Waals surface area contributed by atoms with Gasteiger partial charge in [-0.3, -0.25) is 14.9 Å². The highest BCUT2D eigenvalue weighted by molar-refractivity contribution is 6.50. The van der Waals surface area contributed by atoms with Crippen molar-refractivity contribution in [2.75, 3.05) is 27.9 Å². The second-order valence-corrected chi connectivity index (χ2v) is 6.42. The van der Waals surface area contributed by atoms with Gasteiger partial charge in [0.2, 0.25) is 5.88 Å². The van der Waals surface area contributed by atoms with Crippen molar-refractivity contribution in [3.8, 4) is 11.9 Å². The van der Waals surface area contributed by atoms with Crippen molar-refractivity contribution in [1.29, 1.82) is 0 Å². The minimum absolute atomic E-state index is 0.0860. The summed E-state index contributed by atoms with van der Waals surface area (Å²) in [7, 11) is 4.45. The summed E-state index contributed by atoms with van der Waals surface area (Å²) < 4.78 is 17.4. The van der Waals surface area contributed by atoms with Crippen molar-refractivity contribution in [2.24, 2.45) is 0 Å². The molecule has 0 bridgehead atoms. The zero-order valence-corrected chi connectivity index (χ0v) is 16.6. The van der Waals surface area contributed by atoms with Crippen molar-refractivity contribution in [1.82, 2.24) is 24.8 Å². The molecule has 10 heteroatoms. The van der Waals surface area contributed by atoms with Gasteiger partial charge in [0.1, 0.15) is 5.65 Å². The summed E-state index contributed by atoms with van der Waals surface area (Å²) in [5.41, 5.74) is 1.89. The molecule has 2 amide bonds. The van der Waals surface area contributed by atoms with E-state index in [-0.39, 0.29) is 23.0 Å². The lowest BCUT2D eigenvalue weighted by Gasteiger charge is -2.09. The number of pyridine rings is 1. The highest BCUT2D eigenvalue weighted by Crippen LogP contribution is 2.38. The molecule has 0 aromatic carbocycles. The van der Waals surface area contributed by atoms with Crippen molar-refractivity contribution >= 4 is 34.0 Å². The molecule has 0 aliphatic carbocycles. The average Bonchev–Trinajstić information content (AvgIpc) is 3.27. The lowest BCUT2D eigenvalue weighted by atomic mass is 9.97. The van der Waals surface area contributed by atoms with Gasteiger partial charge in [0.25, 0.3) is 11.8 Å². The minimum atomic E-state index is -0.552. The molecule has 0 atom stereocenters. The summed E-state index contributed by atoms with van der Waals surface area (Å²) >= 11 is 0. The molecule has 154 valence electrons. The van der Waals surface area contributed by atoms with E-state index in [1.165, 1.54) is 20.4 Å². The van der Waals surface area contributed by atoms with Gasteiger partial charge in [-0.15, -0.1) is 0 Å². The summed E-state index contributed by atoms with van der Waals surface area (Å²) in [6.07, 6.45) is 4.87. The zero-order valence-electron chi connectivity index (χ0n) is 16.6. The van der Waals surface area contributed by atoms with Crippen LogP contribution in [0.5, 0.6) is 11.9 Å². The van der Waals surface area contributed by atoms with Gasteiger partial charge >= 0.3 is 6.01 Å². The molecule has 30 heavy (non-hydrogen) atoms. The molecule has 0 unspecified atom stereocenters. The number of nitrogens with one attached hydrogen (secondary N) is 1. The van der Waals surface area contributed by atoms with Crippen LogP contribution < -0.4 is 14.8 Å². The molecule has 1 aliphatic heterocycles. The van der Waals surface area contributed by atoms with Gasteiger partial charge in [-0.2, -0.15) is 4.98 Å². The standard InChI is InChI=1S/C20H19N5O5/c1-28-8-7-25-10-13(11-5-4-6-21-16(11)25)15-14(17(26)23-18(15)27)12-9-22-20(30-3)24-19(12)29-2/h4-6,9-10H,7-8H2,1-3H3,(H,23,26,27). The first-order chi connectivity index (χ1) is 14.6. The fourth-order valence-electron chi connectivity index (χ4n) is 3.43. The third kappa shape index (κ3) is 3.16. The van der Waals surface area contributed by atoms with Gasteiger partial charge < -0.3 is 18.8 Å². The van der Waals surface area contributed by atoms with Crippen LogP contribution in [-0.4, -0.2) is 59.3 Å². The largest absolute Gasteiger partial charge is 0.480 e. The number of carbonyl (C=O) groups is 2. The van der Waals surface area contributed by atoms with Gasteiger partial charge in [0.15, 0.2) is 0 Å². The number of methoxy groups -OCH3 is 3. The number of hydrogen-bond acceptors (Lipinski definition) is 8. The minimum Gasteiger partial charge on any atom is -0.480 e. The molecular formula is C20H19N5O5. The first-order valence-electron chi connectivity index (χ1n) is 9.07. The Morgan fingerprint density at radius 3 is 2.50 bits per heavy atom. The third-order valence-electron chi connectivity index (χ3n) is 4.75. The van der Waals surface area contributed by atoms with Crippen molar-refractivity contribution < 1.29 is 23.8 Å². The summed E-state index contributed by atoms with van der Waals surface area (Å²) in [4.78, 5) is 38.2. The SMILES string of the molecule is COCCn1cc(C2=C(c3cnc(OC)nc3OC)C(=O)NC2=O)c2cccnc21. The maximum Gasteiger partial charge on any atom is 0.319 e. The smallest absolute Gasteiger partial charge is 0.319 e. The molecule has 3 aromatic heterocycles. The van der Waals surface area contributed by atoms with Crippen LogP contribution in [0.2, 0.25) is 0 Å². The first-order valence-corrected chi connectivity index (χ1v) is 9.07. The third-order valence-corrected chi connectivity index (χ3v) is 4.75. The monoisotopic (exact) mass is 409 g/mol. The Bertz CT molecular complexity index is 1180. The summed E-state index contributed by atoms with van der Waals surface area (Å²) in [6, 6.07) is 3.71. The summed E-state index contributed by atoms with van der Waals surface area (Å²) in [5.74, 6) is -0.938. The van der Waals surface area contributed by atoms with Gasteiger partial charge in [-0.25, -0.2) is 9.97 Å². The average molecular weight is 409 g/mol. The number of amides is 2.